The van der Waals surface area contributed by atoms with Crippen molar-refractivity contribution in [3.63, 3.8) is 0 Å². The fraction of sp³-hybridized carbons (Fsp3) is 0.650. The number of nitrogens with one attached hydrogen (secondary N) is 1. The Morgan fingerprint density at radius 1 is 1.27 bits per heavy atom. The summed E-state index contributed by atoms with van der Waals surface area (Å²) >= 11 is 1.07. The van der Waals surface area contributed by atoms with Crippen molar-refractivity contribution in [1.82, 2.24) is 19.6 Å². The van der Waals surface area contributed by atoms with E-state index in [1.54, 1.807) is 27.7 Å². The monoisotopic (exact) mass is 492 g/mol. The number of nitrogens with zero attached hydrogens (tertiary/aromatic N) is 3. The van der Waals surface area contributed by atoms with Crippen LogP contribution in [0, 0.1) is 6.92 Å². The summed E-state index contributed by atoms with van der Waals surface area (Å²) in [5.41, 5.74) is -2.07. The Morgan fingerprint density at radius 2 is 1.88 bits per heavy atom. The highest BCUT2D eigenvalue weighted by molar-refractivity contribution is 7.18. The minimum atomic E-state index is -4.74. The predicted octanol–water partition coefficient (Wildman–Crippen LogP) is 3.01. The van der Waals surface area contributed by atoms with Crippen LogP contribution < -0.4 is 16.7 Å². The Bertz CT molecular complexity index is 1190. The van der Waals surface area contributed by atoms with Gasteiger partial charge in [-0.2, -0.15) is 13.2 Å². The first kappa shape index (κ1) is 25.2. The van der Waals surface area contributed by atoms with Gasteiger partial charge in [-0.15, -0.1) is 11.3 Å². The molecule has 0 atom stereocenters. The van der Waals surface area contributed by atoms with Crippen LogP contribution in [0.15, 0.2) is 9.59 Å². The fourth-order valence-corrected chi connectivity index (χ4v) is 5.06. The number of fused-ring (bicyclic) bond motifs is 1. The van der Waals surface area contributed by atoms with Crippen LogP contribution in [0.2, 0.25) is 0 Å². The molecule has 1 saturated carbocycles. The Labute approximate surface area is 191 Å². The molecule has 1 amide bonds. The molecule has 3 rings (SSSR count). The molecule has 1 fully saturated rings. The van der Waals surface area contributed by atoms with Crippen molar-refractivity contribution in [2.75, 3.05) is 13.7 Å². The average molecular weight is 493 g/mol. The van der Waals surface area contributed by atoms with Crippen LogP contribution in [-0.4, -0.2) is 50.8 Å². The fourth-order valence-electron chi connectivity index (χ4n) is 3.81. The predicted molar refractivity (Wildman–Crippen MR) is 117 cm³/mol. The molecule has 0 aliphatic heterocycles. The molecule has 2 aromatic rings. The molecule has 2 aromatic heterocycles. The number of ether oxygens (including phenoxy) is 1. The van der Waals surface area contributed by atoms with Gasteiger partial charge in [0.25, 0.3) is 5.56 Å². The maximum absolute atomic E-state index is 13.8. The van der Waals surface area contributed by atoms with Crippen molar-refractivity contribution < 1.29 is 27.8 Å². The van der Waals surface area contributed by atoms with Crippen molar-refractivity contribution in [1.29, 1.82) is 0 Å². The Hall–Kier alpha value is -2.38. The van der Waals surface area contributed by atoms with Crippen molar-refractivity contribution in [3.05, 3.63) is 31.3 Å². The van der Waals surface area contributed by atoms with Gasteiger partial charge in [-0.3, -0.25) is 9.36 Å². The first-order valence-corrected chi connectivity index (χ1v) is 11.1. The van der Waals surface area contributed by atoms with Crippen LogP contribution in [0.4, 0.5) is 18.0 Å². The smallest absolute Gasteiger partial charge is 0.422 e. The second kappa shape index (κ2) is 8.44. The van der Waals surface area contributed by atoms with E-state index < -0.39 is 34.6 Å². The van der Waals surface area contributed by atoms with Crippen LogP contribution in [0.1, 0.15) is 44.1 Å². The number of thiophene rings is 1. The second-order valence-corrected chi connectivity index (χ2v) is 10.1. The highest BCUT2D eigenvalue weighted by atomic mass is 32.1. The van der Waals surface area contributed by atoms with E-state index in [1.165, 1.54) is 7.11 Å². The van der Waals surface area contributed by atoms with Gasteiger partial charge in [0, 0.05) is 12.0 Å². The summed E-state index contributed by atoms with van der Waals surface area (Å²) in [5.74, 6) is 0. The maximum atomic E-state index is 13.8. The summed E-state index contributed by atoms with van der Waals surface area (Å²) in [6.45, 7) is 6.71. The van der Waals surface area contributed by atoms with Crippen molar-refractivity contribution in [2.24, 2.45) is 0 Å². The molecular formula is C20H27F3N4O5S. The van der Waals surface area contributed by atoms with Gasteiger partial charge in [0.05, 0.1) is 30.6 Å². The molecule has 2 N–H and O–H groups in total. The van der Waals surface area contributed by atoms with E-state index in [2.05, 4.69) is 5.43 Å². The van der Waals surface area contributed by atoms with Gasteiger partial charge < -0.3 is 9.84 Å². The summed E-state index contributed by atoms with van der Waals surface area (Å²) in [7, 11) is 1.40. The summed E-state index contributed by atoms with van der Waals surface area (Å²) < 4.78 is 48.0. The van der Waals surface area contributed by atoms with Crippen LogP contribution in [0.25, 0.3) is 10.2 Å². The first-order chi connectivity index (χ1) is 15.2. The quantitative estimate of drug-likeness (QED) is 0.576. The number of hydrogen-bond acceptors (Lipinski definition) is 6. The standard InChI is InChI=1S/C20H27F3N4O5S/c1-11-12(10-24-27(17(30)31)18(2,3)4)33-15-13(11)14(28)26(16(29)25(15)8-9-32-5)19(6-7-19)20(21,22)23/h24H,6-10H2,1-5H3,(H,30,31). The largest absolute Gasteiger partial charge is 0.464 e. The highest BCUT2D eigenvalue weighted by Gasteiger charge is 2.66. The number of aryl methyl sites for hydroxylation is 1. The van der Waals surface area contributed by atoms with E-state index in [-0.39, 0.29) is 42.8 Å². The minimum absolute atomic E-state index is 0.0110. The second-order valence-electron chi connectivity index (χ2n) is 9.05. The molecule has 33 heavy (non-hydrogen) atoms. The topological polar surface area (TPSA) is 106 Å². The molecule has 184 valence electrons. The normalized spacial score (nSPS) is 15.8. The summed E-state index contributed by atoms with van der Waals surface area (Å²) in [4.78, 5) is 38.8. The number of aromatic nitrogens is 2. The molecule has 0 spiro atoms. The summed E-state index contributed by atoms with van der Waals surface area (Å²) in [6, 6.07) is 0. The number of rotatable bonds is 7. The van der Waals surface area contributed by atoms with E-state index >= 15 is 0 Å². The minimum Gasteiger partial charge on any atom is -0.464 e. The number of alkyl halides is 3. The van der Waals surface area contributed by atoms with E-state index in [0.29, 0.717) is 15.0 Å². The third-order valence-corrected chi connectivity index (χ3v) is 7.08. The molecule has 0 radical (unpaired) electrons. The molecule has 0 aromatic carbocycles. The SMILES string of the molecule is COCCn1c(=O)n(C2(C(F)(F)F)CC2)c(=O)c2c(C)c(CNN(C(=O)O)C(C)(C)C)sc21. The first-order valence-electron chi connectivity index (χ1n) is 10.3. The van der Waals surface area contributed by atoms with Gasteiger partial charge in [0.15, 0.2) is 0 Å². The Balaban J connectivity index is 2.19. The van der Waals surface area contributed by atoms with Gasteiger partial charge in [0.1, 0.15) is 10.4 Å². The number of hydrogen-bond donors (Lipinski definition) is 2. The zero-order valence-corrected chi connectivity index (χ0v) is 19.8. The molecule has 1 aliphatic carbocycles. The molecular weight excluding hydrogens is 465 g/mol. The van der Waals surface area contributed by atoms with Gasteiger partial charge in [-0.25, -0.2) is 24.6 Å². The molecule has 0 bridgehead atoms. The van der Waals surface area contributed by atoms with Gasteiger partial charge >= 0.3 is 18.0 Å². The van der Waals surface area contributed by atoms with E-state index in [9.17, 15) is 32.7 Å². The van der Waals surface area contributed by atoms with E-state index in [1.807, 2.05) is 0 Å². The number of amides is 1. The Morgan fingerprint density at radius 3 is 2.33 bits per heavy atom. The number of carboxylic acid groups (broad SMARTS) is 1. The highest BCUT2D eigenvalue weighted by Crippen LogP contribution is 2.54. The average Bonchev–Trinajstić information content (AvgIpc) is 3.40. The van der Waals surface area contributed by atoms with E-state index in [4.69, 9.17) is 4.74 Å². The molecule has 0 saturated heterocycles. The lowest BCUT2D eigenvalue weighted by Gasteiger charge is -2.33. The third kappa shape index (κ3) is 4.28. The van der Waals surface area contributed by atoms with Crippen LogP contribution in [0.5, 0.6) is 0 Å². The third-order valence-electron chi connectivity index (χ3n) is 5.77. The Kier molecular flexibility index (Phi) is 6.46. The van der Waals surface area contributed by atoms with E-state index in [0.717, 1.165) is 20.9 Å². The lowest BCUT2D eigenvalue weighted by atomic mass is 10.1. The summed E-state index contributed by atoms with van der Waals surface area (Å²) in [5, 5.41) is 10.5. The maximum Gasteiger partial charge on any atom is 0.422 e. The van der Waals surface area contributed by atoms with Gasteiger partial charge in [0.2, 0.25) is 0 Å². The number of hydrazine groups is 1. The van der Waals surface area contributed by atoms with Crippen LogP contribution >= 0.6 is 11.3 Å². The van der Waals surface area contributed by atoms with Crippen molar-refractivity contribution >= 4 is 27.6 Å². The van der Waals surface area contributed by atoms with Crippen LogP contribution in [-0.2, 0) is 23.4 Å². The van der Waals surface area contributed by atoms with Crippen molar-refractivity contribution in [3.8, 4) is 0 Å². The van der Waals surface area contributed by atoms with Gasteiger partial charge in [-0.1, -0.05) is 0 Å². The van der Waals surface area contributed by atoms with Crippen LogP contribution in [0.3, 0.4) is 0 Å². The lowest BCUT2D eigenvalue weighted by molar-refractivity contribution is -0.181. The zero-order valence-electron chi connectivity index (χ0n) is 19.0. The molecule has 9 nitrogen and oxygen atoms in total. The number of methoxy groups -OCH3 is 1. The zero-order chi connectivity index (χ0) is 24.9. The lowest BCUT2D eigenvalue weighted by Crippen LogP contribution is -2.52. The molecule has 0 unspecified atom stereocenters. The molecule has 13 heteroatoms. The van der Waals surface area contributed by atoms with Crippen molar-refractivity contribution in [2.45, 2.75) is 70.9 Å². The number of carbonyl (C=O) groups is 1. The number of halogens is 3. The van der Waals surface area contributed by atoms with Gasteiger partial charge in [-0.05, 0) is 46.1 Å². The molecule has 1 aliphatic rings. The summed E-state index contributed by atoms with van der Waals surface area (Å²) in [6.07, 6.45) is -6.62. The molecule has 2 heterocycles.